The first-order chi connectivity index (χ1) is 14.6. The minimum atomic E-state index is 0.949. The van der Waals surface area contributed by atoms with Crippen LogP contribution in [0.4, 0.5) is 11.5 Å². The molecular weight excluding hydrogens is 370 g/mol. The van der Waals surface area contributed by atoms with Crippen LogP contribution in [0, 0.1) is 20.8 Å². The first-order valence-electron chi connectivity index (χ1n) is 10.6. The molecule has 5 heteroatoms. The monoisotopic (exact) mass is 397 g/mol. The number of benzene rings is 2. The fraction of sp³-hybridized carbons (Fsp3) is 0.280. The minimum absolute atomic E-state index is 0.949. The zero-order valence-electron chi connectivity index (χ0n) is 17.8. The maximum absolute atomic E-state index is 4.84. The lowest BCUT2D eigenvalue weighted by atomic mass is 10.0. The molecule has 0 unspecified atom stereocenters. The molecule has 0 amide bonds. The molecule has 5 rings (SSSR count). The van der Waals surface area contributed by atoms with Crippen LogP contribution in [0.1, 0.15) is 16.7 Å². The van der Waals surface area contributed by atoms with E-state index in [4.69, 9.17) is 10.1 Å². The van der Waals surface area contributed by atoms with Gasteiger partial charge >= 0.3 is 0 Å². The predicted molar refractivity (Wildman–Crippen MR) is 124 cm³/mol. The zero-order chi connectivity index (χ0) is 20.7. The Morgan fingerprint density at radius 2 is 1.57 bits per heavy atom. The molecule has 2 aromatic carbocycles. The van der Waals surface area contributed by atoms with Crippen molar-refractivity contribution in [1.82, 2.24) is 14.6 Å². The Kier molecular flexibility index (Phi) is 4.66. The second-order valence-corrected chi connectivity index (χ2v) is 8.19. The molecule has 0 atom stereocenters. The van der Waals surface area contributed by atoms with Crippen molar-refractivity contribution in [1.29, 1.82) is 0 Å². The Morgan fingerprint density at radius 3 is 2.33 bits per heavy atom. The van der Waals surface area contributed by atoms with Crippen LogP contribution in [-0.4, -0.2) is 40.8 Å². The van der Waals surface area contributed by atoms with Gasteiger partial charge in [-0.3, -0.25) is 0 Å². The van der Waals surface area contributed by atoms with Crippen molar-refractivity contribution in [2.75, 3.05) is 36.0 Å². The van der Waals surface area contributed by atoms with Gasteiger partial charge in [0.05, 0.1) is 5.69 Å². The van der Waals surface area contributed by atoms with Crippen molar-refractivity contribution < 1.29 is 0 Å². The van der Waals surface area contributed by atoms with Gasteiger partial charge in [0, 0.05) is 49.8 Å². The Balaban J connectivity index is 1.43. The van der Waals surface area contributed by atoms with Gasteiger partial charge in [0.1, 0.15) is 5.52 Å². The van der Waals surface area contributed by atoms with Crippen LogP contribution in [0.5, 0.6) is 0 Å². The van der Waals surface area contributed by atoms with Gasteiger partial charge in [-0.15, -0.1) is 0 Å². The van der Waals surface area contributed by atoms with Gasteiger partial charge in [-0.1, -0.05) is 42.0 Å². The number of anilines is 2. The largest absolute Gasteiger partial charge is 0.368 e. The summed E-state index contributed by atoms with van der Waals surface area (Å²) in [7, 11) is 0. The Labute approximate surface area is 177 Å². The molecule has 1 aliphatic heterocycles. The van der Waals surface area contributed by atoms with E-state index in [2.05, 4.69) is 79.1 Å². The van der Waals surface area contributed by atoms with E-state index in [-0.39, 0.29) is 0 Å². The van der Waals surface area contributed by atoms with Gasteiger partial charge in [0.2, 0.25) is 0 Å². The van der Waals surface area contributed by atoms with E-state index in [1.54, 1.807) is 0 Å². The summed E-state index contributed by atoms with van der Waals surface area (Å²) < 4.78 is 1.96. The number of rotatable bonds is 3. The summed E-state index contributed by atoms with van der Waals surface area (Å²) in [6.07, 6.45) is 3.80. The SMILES string of the molecule is Cc1ccc(-c2cc3c(N4CCN(c5ccccc5C)CC4)nccn3n2)c(C)c1. The topological polar surface area (TPSA) is 36.7 Å². The lowest BCUT2D eigenvalue weighted by Gasteiger charge is -2.37. The minimum Gasteiger partial charge on any atom is -0.368 e. The summed E-state index contributed by atoms with van der Waals surface area (Å²) in [5, 5.41) is 4.84. The number of aromatic nitrogens is 3. The molecule has 4 aromatic rings. The summed E-state index contributed by atoms with van der Waals surface area (Å²) in [6, 6.07) is 17.3. The first kappa shape index (κ1) is 18.7. The lowest BCUT2D eigenvalue weighted by Crippen LogP contribution is -2.47. The second-order valence-electron chi connectivity index (χ2n) is 8.19. The predicted octanol–water partition coefficient (Wildman–Crippen LogP) is 4.65. The summed E-state index contributed by atoms with van der Waals surface area (Å²) >= 11 is 0. The van der Waals surface area contributed by atoms with Gasteiger partial charge in [-0.25, -0.2) is 9.50 Å². The summed E-state index contributed by atoms with van der Waals surface area (Å²) in [5.74, 6) is 1.02. The van der Waals surface area contributed by atoms with E-state index in [1.165, 1.54) is 27.9 Å². The van der Waals surface area contributed by atoms with Crippen LogP contribution in [-0.2, 0) is 0 Å². The molecule has 0 spiro atoms. The molecule has 5 nitrogen and oxygen atoms in total. The molecule has 0 N–H and O–H groups in total. The molecule has 1 aliphatic rings. The molecule has 1 fully saturated rings. The number of nitrogens with zero attached hydrogens (tertiary/aromatic N) is 5. The molecule has 3 heterocycles. The van der Waals surface area contributed by atoms with Crippen molar-refractivity contribution in [3.8, 4) is 11.3 Å². The lowest BCUT2D eigenvalue weighted by molar-refractivity contribution is 0.646. The summed E-state index contributed by atoms with van der Waals surface area (Å²) in [4.78, 5) is 9.60. The molecular formula is C25H27N5. The highest BCUT2D eigenvalue weighted by atomic mass is 15.3. The standard InChI is InChI=1S/C25H27N5/c1-18-8-9-21(20(3)16-18)22-17-24-25(26-10-11-30(24)27-22)29-14-12-28(13-15-29)23-7-5-4-6-19(23)2/h4-11,16-17H,12-15H2,1-3H3. The summed E-state index contributed by atoms with van der Waals surface area (Å²) in [5.41, 5.74) is 8.44. The second kappa shape index (κ2) is 7.48. The molecule has 0 saturated carbocycles. The molecule has 30 heavy (non-hydrogen) atoms. The number of para-hydroxylation sites is 1. The van der Waals surface area contributed by atoms with Gasteiger partial charge in [0.15, 0.2) is 5.82 Å². The summed E-state index contributed by atoms with van der Waals surface area (Å²) in [6.45, 7) is 10.3. The van der Waals surface area contributed by atoms with E-state index in [1.807, 2.05) is 16.9 Å². The van der Waals surface area contributed by atoms with E-state index < -0.39 is 0 Å². The quantitative estimate of drug-likeness (QED) is 0.504. The maximum atomic E-state index is 4.84. The van der Waals surface area contributed by atoms with Crippen LogP contribution >= 0.6 is 0 Å². The van der Waals surface area contributed by atoms with Gasteiger partial charge in [0.25, 0.3) is 0 Å². The molecule has 0 radical (unpaired) electrons. The number of piperazine rings is 1. The van der Waals surface area contributed by atoms with Gasteiger partial charge < -0.3 is 9.80 Å². The highest BCUT2D eigenvalue weighted by Crippen LogP contribution is 2.29. The molecule has 152 valence electrons. The average Bonchev–Trinajstić information content (AvgIpc) is 3.18. The Hall–Kier alpha value is -3.34. The third-order valence-corrected chi connectivity index (χ3v) is 6.06. The van der Waals surface area contributed by atoms with Crippen molar-refractivity contribution in [3.63, 3.8) is 0 Å². The fourth-order valence-corrected chi connectivity index (χ4v) is 4.46. The normalized spacial score (nSPS) is 14.5. The molecule has 0 aliphatic carbocycles. The van der Waals surface area contributed by atoms with Crippen LogP contribution in [0.25, 0.3) is 16.8 Å². The van der Waals surface area contributed by atoms with Crippen LogP contribution < -0.4 is 9.80 Å². The van der Waals surface area contributed by atoms with Crippen molar-refractivity contribution in [2.45, 2.75) is 20.8 Å². The van der Waals surface area contributed by atoms with E-state index in [0.29, 0.717) is 0 Å². The van der Waals surface area contributed by atoms with E-state index >= 15 is 0 Å². The average molecular weight is 398 g/mol. The maximum Gasteiger partial charge on any atom is 0.154 e. The fourth-order valence-electron chi connectivity index (χ4n) is 4.46. The van der Waals surface area contributed by atoms with Crippen molar-refractivity contribution in [2.24, 2.45) is 0 Å². The van der Waals surface area contributed by atoms with E-state index in [9.17, 15) is 0 Å². The Morgan fingerprint density at radius 1 is 0.800 bits per heavy atom. The van der Waals surface area contributed by atoms with Crippen molar-refractivity contribution in [3.05, 3.63) is 77.6 Å². The van der Waals surface area contributed by atoms with Crippen LogP contribution in [0.15, 0.2) is 60.9 Å². The number of hydrogen-bond acceptors (Lipinski definition) is 4. The smallest absolute Gasteiger partial charge is 0.154 e. The molecule has 1 saturated heterocycles. The zero-order valence-corrected chi connectivity index (χ0v) is 17.8. The molecule has 2 aromatic heterocycles. The number of fused-ring (bicyclic) bond motifs is 1. The van der Waals surface area contributed by atoms with Gasteiger partial charge in [-0.2, -0.15) is 5.10 Å². The number of aryl methyl sites for hydroxylation is 3. The number of hydrogen-bond donors (Lipinski definition) is 0. The van der Waals surface area contributed by atoms with Crippen LogP contribution in [0.3, 0.4) is 0 Å². The highest BCUT2D eigenvalue weighted by molar-refractivity contribution is 5.76. The third-order valence-electron chi connectivity index (χ3n) is 6.06. The van der Waals surface area contributed by atoms with Gasteiger partial charge in [-0.05, 0) is 44.0 Å². The molecule has 0 bridgehead atoms. The van der Waals surface area contributed by atoms with Crippen molar-refractivity contribution >= 4 is 17.0 Å². The third kappa shape index (κ3) is 3.30. The Bertz CT molecular complexity index is 1200. The van der Waals surface area contributed by atoms with Crippen LogP contribution in [0.2, 0.25) is 0 Å². The first-order valence-corrected chi connectivity index (χ1v) is 10.6. The van der Waals surface area contributed by atoms with E-state index in [0.717, 1.165) is 43.2 Å². The highest BCUT2D eigenvalue weighted by Gasteiger charge is 2.22.